The third kappa shape index (κ3) is 3.18. The van der Waals surface area contributed by atoms with Crippen LogP contribution in [0, 0.1) is 11.8 Å². The van der Waals surface area contributed by atoms with E-state index in [4.69, 9.17) is 16.3 Å². The average Bonchev–Trinajstić information content (AvgIpc) is 2.84. The summed E-state index contributed by atoms with van der Waals surface area (Å²) < 4.78 is 5.56. The minimum Gasteiger partial charge on any atom is -0.365 e. The van der Waals surface area contributed by atoms with Gasteiger partial charge in [0.1, 0.15) is 5.60 Å². The van der Waals surface area contributed by atoms with Crippen molar-refractivity contribution in [2.24, 2.45) is 11.8 Å². The summed E-state index contributed by atoms with van der Waals surface area (Å²) >= 11 is 6.01. The predicted molar refractivity (Wildman–Crippen MR) is 72.8 cm³/mol. The van der Waals surface area contributed by atoms with Gasteiger partial charge in [-0.3, -0.25) is 4.79 Å². The van der Waals surface area contributed by atoms with Crippen molar-refractivity contribution in [2.45, 2.75) is 51.0 Å². The highest BCUT2D eigenvalue weighted by atomic mass is 35.5. The molecular formula is C14H24ClNO2. The van der Waals surface area contributed by atoms with Crippen LogP contribution in [-0.2, 0) is 9.53 Å². The molecule has 18 heavy (non-hydrogen) atoms. The van der Waals surface area contributed by atoms with E-state index >= 15 is 0 Å². The van der Waals surface area contributed by atoms with Gasteiger partial charge >= 0.3 is 0 Å². The molecule has 0 aromatic heterocycles. The summed E-state index contributed by atoms with van der Waals surface area (Å²) in [6, 6.07) is 0. The van der Waals surface area contributed by atoms with Crippen LogP contribution in [0.3, 0.4) is 0 Å². The zero-order chi connectivity index (χ0) is 13.0. The lowest BCUT2D eigenvalue weighted by Crippen LogP contribution is -2.46. The van der Waals surface area contributed by atoms with Crippen molar-refractivity contribution in [2.75, 3.05) is 19.0 Å². The molecule has 1 heterocycles. The van der Waals surface area contributed by atoms with Gasteiger partial charge in [-0.25, -0.2) is 0 Å². The molecule has 1 saturated heterocycles. The molecule has 3 unspecified atom stereocenters. The third-order valence-corrected chi connectivity index (χ3v) is 4.89. The molecule has 3 atom stereocenters. The monoisotopic (exact) mass is 273 g/mol. The van der Waals surface area contributed by atoms with Crippen LogP contribution in [0.1, 0.15) is 45.4 Å². The maximum atomic E-state index is 12.1. The van der Waals surface area contributed by atoms with E-state index in [2.05, 4.69) is 5.32 Å². The Bertz CT molecular complexity index is 290. The Morgan fingerprint density at radius 1 is 1.33 bits per heavy atom. The van der Waals surface area contributed by atoms with Gasteiger partial charge in [-0.05, 0) is 44.4 Å². The Kier molecular flexibility index (Phi) is 4.91. The normalized spacial score (nSPS) is 36.6. The summed E-state index contributed by atoms with van der Waals surface area (Å²) in [5.74, 6) is 1.89. The largest absolute Gasteiger partial charge is 0.365 e. The molecule has 2 aliphatic rings. The van der Waals surface area contributed by atoms with Crippen molar-refractivity contribution in [3.8, 4) is 0 Å². The molecule has 3 nitrogen and oxygen atoms in total. The highest BCUT2D eigenvalue weighted by molar-refractivity contribution is 6.18. The SMILES string of the molecule is CC1(C(=O)NCC2CCCCC2CCl)CCCO1. The first-order chi connectivity index (χ1) is 8.65. The lowest BCUT2D eigenvalue weighted by molar-refractivity contribution is -0.139. The summed E-state index contributed by atoms with van der Waals surface area (Å²) in [6.45, 7) is 3.36. The minimum absolute atomic E-state index is 0.0545. The van der Waals surface area contributed by atoms with E-state index in [0.717, 1.165) is 19.4 Å². The van der Waals surface area contributed by atoms with Gasteiger partial charge in [-0.15, -0.1) is 11.6 Å². The fourth-order valence-corrected chi connectivity index (χ4v) is 3.53. The first-order valence-corrected chi connectivity index (χ1v) is 7.67. The van der Waals surface area contributed by atoms with Crippen LogP contribution in [0.5, 0.6) is 0 Å². The summed E-state index contributed by atoms with van der Waals surface area (Å²) in [5.41, 5.74) is -0.592. The second-order valence-electron chi connectivity index (χ2n) is 5.85. The number of hydrogen-bond donors (Lipinski definition) is 1. The lowest BCUT2D eigenvalue weighted by Gasteiger charge is -2.31. The maximum absolute atomic E-state index is 12.1. The van der Waals surface area contributed by atoms with Crippen LogP contribution in [-0.4, -0.2) is 30.5 Å². The molecule has 104 valence electrons. The first kappa shape index (κ1) is 14.1. The fraction of sp³-hybridized carbons (Fsp3) is 0.929. The van der Waals surface area contributed by atoms with Gasteiger partial charge in [-0.2, -0.15) is 0 Å². The minimum atomic E-state index is -0.592. The van der Waals surface area contributed by atoms with Crippen LogP contribution < -0.4 is 5.32 Å². The molecular weight excluding hydrogens is 250 g/mol. The third-order valence-electron chi connectivity index (χ3n) is 4.49. The molecule has 0 radical (unpaired) electrons. The second-order valence-corrected chi connectivity index (χ2v) is 6.16. The molecule has 0 aromatic carbocycles. The molecule has 2 rings (SSSR count). The average molecular weight is 274 g/mol. The van der Waals surface area contributed by atoms with E-state index in [0.29, 0.717) is 24.3 Å². The van der Waals surface area contributed by atoms with Gasteiger partial charge < -0.3 is 10.1 Å². The standard InChI is InChI=1S/C14H24ClNO2/c1-14(7-4-8-18-14)13(17)16-10-12-6-3-2-5-11(12)9-15/h11-12H,2-10H2,1H3,(H,16,17). The summed E-state index contributed by atoms with van der Waals surface area (Å²) in [5, 5.41) is 3.08. The van der Waals surface area contributed by atoms with Crippen LogP contribution in [0.15, 0.2) is 0 Å². The van der Waals surface area contributed by atoms with Gasteiger partial charge in [0.25, 0.3) is 5.91 Å². The van der Waals surface area contributed by atoms with Crippen molar-refractivity contribution in [1.29, 1.82) is 0 Å². The molecule has 0 aromatic rings. The van der Waals surface area contributed by atoms with Crippen LogP contribution in [0.25, 0.3) is 0 Å². The van der Waals surface area contributed by atoms with Crippen LogP contribution in [0.4, 0.5) is 0 Å². The molecule has 0 bridgehead atoms. The second kappa shape index (κ2) is 6.25. The number of hydrogen-bond acceptors (Lipinski definition) is 2. The van der Waals surface area contributed by atoms with E-state index in [1.807, 2.05) is 6.92 Å². The van der Waals surface area contributed by atoms with E-state index in [1.54, 1.807) is 0 Å². The maximum Gasteiger partial charge on any atom is 0.251 e. The van der Waals surface area contributed by atoms with Gasteiger partial charge in [0.2, 0.25) is 0 Å². The smallest absolute Gasteiger partial charge is 0.251 e. The van der Waals surface area contributed by atoms with Gasteiger partial charge in [0, 0.05) is 19.0 Å². The summed E-state index contributed by atoms with van der Waals surface area (Å²) in [6.07, 6.45) is 6.76. The van der Waals surface area contributed by atoms with Crippen LogP contribution >= 0.6 is 11.6 Å². The van der Waals surface area contributed by atoms with Gasteiger partial charge in [0.05, 0.1) is 0 Å². The number of carbonyl (C=O) groups excluding carboxylic acids is 1. The first-order valence-electron chi connectivity index (χ1n) is 7.14. The van der Waals surface area contributed by atoms with Gasteiger partial charge in [-0.1, -0.05) is 12.8 Å². The highest BCUT2D eigenvalue weighted by Gasteiger charge is 2.38. The van der Waals surface area contributed by atoms with Crippen molar-refractivity contribution in [3.05, 3.63) is 0 Å². The zero-order valence-electron chi connectivity index (χ0n) is 11.2. The topological polar surface area (TPSA) is 38.3 Å². The van der Waals surface area contributed by atoms with Crippen LogP contribution in [0.2, 0.25) is 0 Å². The molecule has 1 aliphatic heterocycles. The quantitative estimate of drug-likeness (QED) is 0.800. The Morgan fingerprint density at radius 3 is 2.67 bits per heavy atom. The fourth-order valence-electron chi connectivity index (χ4n) is 3.13. The number of halogens is 1. The molecule has 1 amide bonds. The lowest BCUT2D eigenvalue weighted by atomic mass is 9.80. The Hall–Kier alpha value is -0.280. The molecule has 2 fully saturated rings. The number of amides is 1. The van der Waals surface area contributed by atoms with E-state index in [-0.39, 0.29) is 5.91 Å². The Morgan fingerprint density at radius 2 is 2.06 bits per heavy atom. The van der Waals surface area contributed by atoms with Crippen molar-refractivity contribution >= 4 is 17.5 Å². The van der Waals surface area contributed by atoms with E-state index < -0.39 is 5.60 Å². The number of alkyl halides is 1. The number of rotatable bonds is 4. The molecule has 0 spiro atoms. The number of ether oxygens (including phenoxy) is 1. The highest BCUT2D eigenvalue weighted by Crippen LogP contribution is 2.31. The van der Waals surface area contributed by atoms with Crippen molar-refractivity contribution in [3.63, 3.8) is 0 Å². The molecule has 1 aliphatic carbocycles. The van der Waals surface area contributed by atoms with E-state index in [9.17, 15) is 4.79 Å². The summed E-state index contributed by atoms with van der Waals surface area (Å²) in [7, 11) is 0. The molecule has 1 N–H and O–H groups in total. The number of carbonyl (C=O) groups is 1. The zero-order valence-corrected chi connectivity index (χ0v) is 12.0. The van der Waals surface area contributed by atoms with Gasteiger partial charge in [0.15, 0.2) is 0 Å². The summed E-state index contributed by atoms with van der Waals surface area (Å²) in [4.78, 5) is 12.1. The van der Waals surface area contributed by atoms with Crippen molar-refractivity contribution in [1.82, 2.24) is 5.32 Å². The Labute approximate surface area is 115 Å². The molecule has 4 heteroatoms. The number of nitrogens with one attached hydrogen (secondary N) is 1. The Balaban J connectivity index is 1.81. The van der Waals surface area contributed by atoms with Crippen molar-refractivity contribution < 1.29 is 9.53 Å². The van der Waals surface area contributed by atoms with E-state index in [1.165, 1.54) is 25.7 Å². The predicted octanol–water partition coefficient (Wildman–Crippen LogP) is 2.72. The molecule has 1 saturated carbocycles.